The van der Waals surface area contributed by atoms with E-state index in [1.54, 1.807) is 0 Å². The maximum absolute atomic E-state index is 13.6. The molecular weight excluding hydrogens is 749 g/mol. The number of esters is 2. The van der Waals surface area contributed by atoms with Gasteiger partial charge in [-0.25, -0.2) is 9.59 Å². The average molecular weight is 805 g/mol. The fourth-order valence-corrected chi connectivity index (χ4v) is 19.4. The Balaban J connectivity index is 1.06. The van der Waals surface area contributed by atoms with Gasteiger partial charge in [0.2, 0.25) is 0 Å². The first-order valence-corrected chi connectivity index (χ1v) is 21.7. The van der Waals surface area contributed by atoms with Crippen LogP contribution in [0.15, 0.2) is 47.5 Å². The summed E-state index contributed by atoms with van der Waals surface area (Å²) in [4.78, 5) is 27.2. The van der Waals surface area contributed by atoms with Gasteiger partial charge in [0.25, 0.3) is 0 Å². The molecule has 10 heteroatoms. The summed E-state index contributed by atoms with van der Waals surface area (Å²) in [5, 5.41) is 4.61. The van der Waals surface area contributed by atoms with Gasteiger partial charge in [-0.05, 0) is 101 Å². The molecule has 0 saturated heterocycles. The van der Waals surface area contributed by atoms with E-state index in [0.717, 1.165) is 41.5 Å². The molecule has 7 saturated carbocycles. The monoisotopic (exact) mass is 804 g/mol. The van der Waals surface area contributed by atoms with Crippen molar-refractivity contribution in [3.8, 4) is 11.5 Å². The van der Waals surface area contributed by atoms with E-state index in [0.29, 0.717) is 84.9 Å². The van der Waals surface area contributed by atoms with E-state index in [2.05, 4.69) is 36.4 Å². The second-order valence-corrected chi connectivity index (χ2v) is 19.8. The number of fused-ring (bicyclic) bond motifs is 30. The van der Waals surface area contributed by atoms with Crippen LogP contribution in [0.25, 0.3) is 21.5 Å². The van der Waals surface area contributed by atoms with Crippen molar-refractivity contribution in [3.05, 3.63) is 58.7 Å². The number of methoxy groups -OCH3 is 8. The van der Waals surface area contributed by atoms with E-state index in [-0.39, 0.29) is 45.3 Å². The molecule has 0 N–H and O–H groups in total. The number of benzene rings is 3. The summed E-state index contributed by atoms with van der Waals surface area (Å²) in [7, 11) is 14.0. The molecule has 3 aromatic carbocycles. The molecule has 0 heterocycles. The molecule has 0 aromatic heterocycles. The van der Waals surface area contributed by atoms with Crippen molar-refractivity contribution >= 4 is 33.5 Å². The normalized spacial score (nSPS) is 43.9. The van der Waals surface area contributed by atoms with E-state index in [9.17, 15) is 9.59 Å². The van der Waals surface area contributed by atoms with Crippen molar-refractivity contribution in [2.45, 2.75) is 31.1 Å². The molecule has 0 unspecified atom stereocenters. The topological polar surface area (TPSA) is 108 Å². The first kappa shape index (κ1) is 37.1. The van der Waals surface area contributed by atoms with Gasteiger partial charge in [0, 0.05) is 83.8 Å². The second kappa shape index (κ2) is 12.0. The lowest BCUT2D eigenvalue weighted by molar-refractivity contribution is -0.387. The minimum atomic E-state index is -0.407. The predicted octanol–water partition coefficient (Wildman–Crippen LogP) is 6.81. The highest BCUT2D eigenvalue weighted by molar-refractivity contribution is 6.06. The molecule has 59 heavy (non-hydrogen) atoms. The van der Waals surface area contributed by atoms with Crippen molar-refractivity contribution in [1.82, 2.24) is 0 Å². The maximum Gasteiger partial charge on any atom is 0.334 e. The van der Waals surface area contributed by atoms with Gasteiger partial charge in [-0.2, -0.15) is 0 Å². The second-order valence-electron chi connectivity index (χ2n) is 19.8. The SMILES string of the molecule is COC[C@@]12[C@@H]3[C@@H]([C@@H]4C[C@H]3[C@]3(COC)[C@@H]5[C@@H]([C@@H]6C[C@H]5c5c6c(OC)c6cc7ccccc7cc6c5OC)[C@]43COC)[C@]1(COC)[C@H]1C[C@@H]2[C@@H]2C(C(=O)OC)=C(C(=O)OC)[C@@H]21. The van der Waals surface area contributed by atoms with Gasteiger partial charge in [-0.15, -0.1) is 0 Å². The number of ether oxygens (including phenoxy) is 8. The van der Waals surface area contributed by atoms with Crippen LogP contribution in [0.2, 0.25) is 0 Å². The van der Waals surface area contributed by atoms with Gasteiger partial charge in [0.05, 0.1) is 66.0 Å². The quantitative estimate of drug-likeness (QED) is 0.0840. The number of carbonyl (C=O) groups excluding carboxylic acids is 2. The average Bonchev–Trinajstić information content (AvgIpc) is 4.04. The summed E-state index contributed by atoms with van der Waals surface area (Å²) in [5.74, 6) is 4.23. The highest BCUT2D eigenvalue weighted by Gasteiger charge is 2.98. The van der Waals surface area contributed by atoms with Crippen LogP contribution < -0.4 is 9.47 Å². The third kappa shape index (κ3) is 3.52. The van der Waals surface area contributed by atoms with Crippen molar-refractivity contribution < 1.29 is 47.5 Å². The van der Waals surface area contributed by atoms with Crippen LogP contribution in [0, 0.1) is 80.8 Å². The Morgan fingerprint density at radius 2 is 0.898 bits per heavy atom. The largest absolute Gasteiger partial charge is 0.496 e. The summed E-state index contributed by atoms with van der Waals surface area (Å²) in [6.45, 7) is 2.56. The van der Waals surface area contributed by atoms with Gasteiger partial charge < -0.3 is 37.9 Å². The first-order chi connectivity index (χ1) is 28.7. The fraction of sp³-hybridized carbons (Fsp3) is 0.633. The Morgan fingerprint density at radius 3 is 1.25 bits per heavy atom. The van der Waals surface area contributed by atoms with Gasteiger partial charge in [-0.3, -0.25) is 0 Å². The highest BCUT2D eigenvalue weighted by atomic mass is 16.5. The molecule has 16 atom stereocenters. The number of hydrogen-bond donors (Lipinski definition) is 0. The molecule has 3 aromatic rings. The third-order valence-corrected chi connectivity index (χ3v) is 19.6. The number of rotatable bonds is 12. The molecule has 6 bridgehead atoms. The molecular formula is C49H56O10. The van der Waals surface area contributed by atoms with Gasteiger partial charge in [0.1, 0.15) is 11.5 Å². The first-order valence-electron chi connectivity index (χ1n) is 21.7. The Kier molecular flexibility index (Phi) is 7.56. The lowest BCUT2D eigenvalue weighted by Crippen LogP contribution is -2.84. The summed E-state index contributed by atoms with van der Waals surface area (Å²) in [6, 6.07) is 13.1. The summed E-state index contributed by atoms with van der Waals surface area (Å²) < 4.78 is 49.7. The molecule has 10 nitrogen and oxygen atoms in total. The van der Waals surface area contributed by atoms with E-state index >= 15 is 0 Å². The zero-order chi connectivity index (χ0) is 40.7. The number of carbonyl (C=O) groups is 2. The van der Waals surface area contributed by atoms with Gasteiger partial charge >= 0.3 is 11.9 Å². The third-order valence-electron chi connectivity index (χ3n) is 19.6. The van der Waals surface area contributed by atoms with Gasteiger partial charge in [-0.1, -0.05) is 24.3 Å². The van der Waals surface area contributed by atoms with Crippen LogP contribution in [0.4, 0.5) is 0 Å². The van der Waals surface area contributed by atoms with Crippen molar-refractivity contribution in [2.75, 3.05) is 83.3 Å². The molecule has 9 aliphatic rings. The smallest absolute Gasteiger partial charge is 0.334 e. The summed E-state index contributed by atoms with van der Waals surface area (Å²) >= 11 is 0. The van der Waals surface area contributed by atoms with Crippen molar-refractivity contribution in [2.24, 2.45) is 80.8 Å². The maximum atomic E-state index is 13.6. The standard InChI is InChI=1S/C49H56O10/c1-52-18-46-28-16-29(35-34(28)36(44(50)58-7)37(35)45(51)59-8)47(46,19-53-2)41-31-17-30(40(41)46)48(20-54-3)38-26-15-27(39(38)49(31,48)21-55-4)33-32(26)42(56-5)24-13-22-11-9-10-12-23(22)14-25(24)43(33)57-6/h9-14,26-31,34-35,38-41H,15-21H2,1-8H3/t26-,27+,28+,29-,30+,31-,34-,35+,38-,39+,40-,41+,46+,47-,48+,49-. The van der Waals surface area contributed by atoms with Crippen LogP contribution in [-0.4, -0.2) is 95.2 Å². The van der Waals surface area contributed by atoms with E-state index in [1.807, 2.05) is 42.7 Å². The minimum absolute atomic E-state index is 0.0616. The molecule has 0 amide bonds. The molecule has 0 radical (unpaired) electrons. The van der Waals surface area contributed by atoms with E-state index < -0.39 is 11.9 Å². The summed E-state index contributed by atoms with van der Waals surface area (Å²) in [5.41, 5.74) is 3.03. The molecule has 7 fully saturated rings. The molecule has 9 aliphatic carbocycles. The molecule has 312 valence electrons. The Bertz CT molecular complexity index is 2250. The highest BCUT2D eigenvalue weighted by Crippen LogP contribution is 2.99. The van der Waals surface area contributed by atoms with Gasteiger partial charge in [0.15, 0.2) is 0 Å². The van der Waals surface area contributed by atoms with Crippen molar-refractivity contribution in [3.63, 3.8) is 0 Å². The molecule has 12 rings (SSSR count). The van der Waals surface area contributed by atoms with E-state index in [4.69, 9.17) is 37.9 Å². The molecule has 0 aliphatic heterocycles. The Morgan fingerprint density at radius 1 is 0.525 bits per heavy atom. The summed E-state index contributed by atoms with van der Waals surface area (Å²) in [6.07, 6.45) is 3.11. The van der Waals surface area contributed by atoms with Crippen LogP contribution in [0.5, 0.6) is 11.5 Å². The fourth-order valence-electron chi connectivity index (χ4n) is 19.4. The molecule has 0 spiro atoms. The minimum Gasteiger partial charge on any atom is -0.496 e. The lowest BCUT2D eigenvalue weighted by Gasteiger charge is -2.83. The van der Waals surface area contributed by atoms with Crippen molar-refractivity contribution in [1.29, 1.82) is 0 Å². The predicted molar refractivity (Wildman–Crippen MR) is 217 cm³/mol. The van der Waals surface area contributed by atoms with Crippen LogP contribution >= 0.6 is 0 Å². The zero-order valence-corrected chi connectivity index (χ0v) is 35.4. The Hall–Kier alpha value is -3.70. The Labute approximate surface area is 345 Å². The van der Waals surface area contributed by atoms with Crippen LogP contribution in [0.3, 0.4) is 0 Å². The number of hydrogen-bond acceptors (Lipinski definition) is 10. The van der Waals surface area contributed by atoms with Crippen LogP contribution in [0.1, 0.15) is 42.2 Å². The lowest BCUT2D eigenvalue weighted by atomic mass is 9.20. The van der Waals surface area contributed by atoms with E-state index in [1.165, 1.54) is 36.1 Å². The zero-order valence-electron chi connectivity index (χ0n) is 35.4. The van der Waals surface area contributed by atoms with Crippen LogP contribution in [-0.2, 0) is 38.0 Å².